The molecule has 0 spiro atoms. The third-order valence-electron chi connectivity index (χ3n) is 4.42. The fourth-order valence-electron chi connectivity index (χ4n) is 3.40. The smallest absolute Gasteiger partial charge is 0.223 e. The first-order valence-electron chi connectivity index (χ1n) is 7.37. The lowest BCUT2D eigenvalue weighted by Gasteiger charge is -2.26. The molecule has 0 bridgehead atoms. The zero-order chi connectivity index (χ0) is 13.1. The van der Waals surface area contributed by atoms with Crippen molar-refractivity contribution < 1.29 is 4.79 Å². The lowest BCUT2D eigenvalue weighted by Crippen LogP contribution is -2.32. The quantitative estimate of drug-likeness (QED) is 0.902. The van der Waals surface area contributed by atoms with Crippen LogP contribution in [0.25, 0.3) is 0 Å². The molecule has 1 saturated heterocycles. The van der Waals surface area contributed by atoms with E-state index >= 15 is 0 Å². The minimum absolute atomic E-state index is 0.0369. The van der Waals surface area contributed by atoms with E-state index in [2.05, 4.69) is 20.6 Å². The normalized spacial score (nSPS) is 24.8. The maximum absolute atomic E-state index is 12.5. The van der Waals surface area contributed by atoms with Gasteiger partial charge in [0.1, 0.15) is 0 Å². The van der Waals surface area contributed by atoms with Gasteiger partial charge in [-0.15, -0.1) is 10.2 Å². The van der Waals surface area contributed by atoms with Crippen molar-refractivity contribution in [2.75, 3.05) is 6.54 Å². The Morgan fingerprint density at radius 3 is 2.79 bits per heavy atom. The predicted molar refractivity (Wildman–Crippen MR) is 69.1 cm³/mol. The predicted octanol–water partition coefficient (Wildman–Crippen LogP) is 1.83. The minimum atomic E-state index is 0.0369. The van der Waals surface area contributed by atoms with Gasteiger partial charge in [0.05, 0.1) is 6.04 Å². The Morgan fingerprint density at radius 1 is 1.21 bits per heavy atom. The van der Waals surface area contributed by atoms with Gasteiger partial charge in [0.25, 0.3) is 0 Å². The molecule has 2 fully saturated rings. The summed E-state index contributed by atoms with van der Waals surface area (Å²) in [6, 6.07) is 0.0369. The summed E-state index contributed by atoms with van der Waals surface area (Å²) in [4.78, 5) is 14.4. The largest absolute Gasteiger partial charge is 0.332 e. The number of hydrogen-bond donors (Lipinski definition) is 1. The standard InChI is InChI=1S/C13H21N5O/c19-12(9-10-5-2-1-3-6-10)18-8-4-7-11(18)13-14-16-17-15-13/h10-11H,1-9H2,(H,14,15,16,17)/t11-/m0/s1. The van der Waals surface area contributed by atoms with Crippen LogP contribution in [0.15, 0.2) is 0 Å². The van der Waals surface area contributed by atoms with Crippen LogP contribution in [0.3, 0.4) is 0 Å². The van der Waals surface area contributed by atoms with Gasteiger partial charge >= 0.3 is 0 Å². The summed E-state index contributed by atoms with van der Waals surface area (Å²) in [5, 5.41) is 14.2. The average Bonchev–Trinajstić information content (AvgIpc) is 3.10. The molecule has 0 unspecified atom stereocenters. The van der Waals surface area contributed by atoms with Gasteiger partial charge in [-0.2, -0.15) is 5.21 Å². The second-order valence-corrected chi connectivity index (χ2v) is 5.72. The summed E-state index contributed by atoms with van der Waals surface area (Å²) >= 11 is 0. The van der Waals surface area contributed by atoms with Crippen molar-refractivity contribution >= 4 is 5.91 Å². The molecule has 1 N–H and O–H groups in total. The highest BCUT2D eigenvalue weighted by Crippen LogP contribution is 2.32. The molecule has 2 heterocycles. The molecule has 0 aromatic carbocycles. The minimum Gasteiger partial charge on any atom is -0.332 e. The summed E-state index contributed by atoms with van der Waals surface area (Å²) in [7, 11) is 0. The number of hydrogen-bond acceptors (Lipinski definition) is 4. The first kappa shape index (κ1) is 12.6. The number of tetrazole rings is 1. The van der Waals surface area contributed by atoms with Crippen molar-refractivity contribution in [3.8, 4) is 0 Å². The van der Waals surface area contributed by atoms with Crippen molar-refractivity contribution in [3.05, 3.63) is 5.82 Å². The zero-order valence-electron chi connectivity index (χ0n) is 11.2. The van der Waals surface area contributed by atoms with Crippen molar-refractivity contribution in [3.63, 3.8) is 0 Å². The highest BCUT2D eigenvalue weighted by atomic mass is 16.2. The van der Waals surface area contributed by atoms with Crippen LogP contribution in [-0.4, -0.2) is 38.0 Å². The fraction of sp³-hybridized carbons (Fsp3) is 0.846. The number of aromatic amines is 1. The second kappa shape index (κ2) is 5.67. The summed E-state index contributed by atoms with van der Waals surface area (Å²) in [5.41, 5.74) is 0. The SMILES string of the molecule is O=C(CC1CCCCC1)N1CCC[C@H]1c1nn[nH]n1. The highest BCUT2D eigenvalue weighted by Gasteiger charge is 2.33. The van der Waals surface area contributed by atoms with Crippen LogP contribution < -0.4 is 0 Å². The monoisotopic (exact) mass is 263 g/mol. The molecule has 19 heavy (non-hydrogen) atoms. The number of likely N-dealkylation sites (tertiary alicyclic amines) is 1. The number of nitrogens with zero attached hydrogens (tertiary/aromatic N) is 4. The van der Waals surface area contributed by atoms with Gasteiger partial charge in [-0.25, -0.2) is 0 Å². The van der Waals surface area contributed by atoms with Crippen LogP contribution in [0.4, 0.5) is 0 Å². The Hall–Kier alpha value is -1.46. The zero-order valence-corrected chi connectivity index (χ0v) is 11.2. The van der Waals surface area contributed by atoms with Gasteiger partial charge < -0.3 is 4.90 Å². The highest BCUT2D eigenvalue weighted by molar-refractivity contribution is 5.77. The number of aromatic nitrogens is 4. The number of nitrogens with one attached hydrogen (secondary N) is 1. The first-order chi connectivity index (χ1) is 9.34. The molecule has 6 nitrogen and oxygen atoms in total. The number of carbonyl (C=O) groups is 1. The van der Waals surface area contributed by atoms with E-state index in [0.29, 0.717) is 18.2 Å². The van der Waals surface area contributed by atoms with Gasteiger partial charge in [0.2, 0.25) is 5.91 Å². The molecule has 6 heteroatoms. The lowest BCUT2D eigenvalue weighted by atomic mass is 9.86. The molecule has 1 aromatic heterocycles. The van der Waals surface area contributed by atoms with Crippen LogP contribution in [-0.2, 0) is 4.79 Å². The van der Waals surface area contributed by atoms with Crippen molar-refractivity contribution in [2.45, 2.75) is 57.4 Å². The van der Waals surface area contributed by atoms with Gasteiger partial charge in [0, 0.05) is 13.0 Å². The third kappa shape index (κ3) is 2.77. The van der Waals surface area contributed by atoms with Gasteiger partial charge in [-0.1, -0.05) is 24.5 Å². The molecule has 3 rings (SSSR count). The molecule has 1 aromatic rings. The maximum Gasteiger partial charge on any atom is 0.223 e. The summed E-state index contributed by atoms with van der Waals surface area (Å²) in [6.07, 6.45) is 9.02. The van der Waals surface area contributed by atoms with E-state index in [1.807, 2.05) is 4.90 Å². The second-order valence-electron chi connectivity index (χ2n) is 5.72. The number of carbonyl (C=O) groups excluding carboxylic acids is 1. The maximum atomic E-state index is 12.5. The average molecular weight is 263 g/mol. The van der Waals surface area contributed by atoms with Gasteiger partial charge in [0.15, 0.2) is 5.82 Å². The molecule has 1 amide bonds. The van der Waals surface area contributed by atoms with Crippen molar-refractivity contribution in [1.29, 1.82) is 0 Å². The van der Waals surface area contributed by atoms with Gasteiger partial charge in [-0.05, 0) is 31.6 Å². The molecule has 0 radical (unpaired) electrons. The Bertz CT molecular complexity index is 413. The van der Waals surface area contributed by atoms with Gasteiger partial charge in [-0.3, -0.25) is 4.79 Å². The molecular formula is C13H21N5O. The lowest BCUT2D eigenvalue weighted by molar-refractivity contribution is -0.133. The van der Waals surface area contributed by atoms with E-state index in [9.17, 15) is 4.79 Å². The number of rotatable bonds is 3. The number of H-pyrrole nitrogens is 1. The molecule has 1 aliphatic heterocycles. The molecule has 1 aliphatic carbocycles. The van der Waals surface area contributed by atoms with Crippen LogP contribution in [0.5, 0.6) is 0 Å². The summed E-state index contributed by atoms with van der Waals surface area (Å²) in [5.74, 6) is 1.53. The van der Waals surface area contributed by atoms with Crippen LogP contribution in [0, 0.1) is 5.92 Å². The number of amides is 1. The Labute approximate surface area is 112 Å². The van der Waals surface area contributed by atoms with Crippen LogP contribution in [0.2, 0.25) is 0 Å². The van der Waals surface area contributed by atoms with E-state index < -0.39 is 0 Å². The van der Waals surface area contributed by atoms with Crippen molar-refractivity contribution in [1.82, 2.24) is 25.5 Å². The summed E-state index contributed by atoms with van der Waals surface area (Å²) < 4.78 is 0. The first-order valence-corrected chi connectivity index (χ1v) is 7.37. The molecule has 104 valence electrons. The molecular weight excluding hydrogens is 242 g/mol. The Morgan fingerprint density at radius 2 is 2.05 bits per heavy atom. The molecule has 1 saturated carbocycles. The van der Waals surface area contributed by atoms with Crippen LogP contribution in [0.1, 0.15) is 63.2 Å². The third-order valence-corrected chi connectivity index (χ3v) is 4.42. The Kier molecular flexibility index (Phi) is 3.75. The van der Waals surface area contributed by atoms with E-state index in [4.69, 9.17) is 0 Å². The summed E-state index contributed by atoms with van der Waals surface area (Å²) in [6.45, 7) is 0.838. The van der Waals surface area contributed by atoms with E-state index in [0.717, 1.165) is 19.4 Å². The topological polar surface area (TPSA) is 74.8 Å². The van der Waals surface area contributed by atoms with Crippen molar-refractivity contribution in [2.24, 2.45) is 5.92 Å². The fourth-order valence-corrected chi connectivity index (χ4v) is 3.40. The molecule has 2 aliphatic rings. The van der Waals surface area contributed by atoms with Crippen LogP contribution >= 0.6 is 0 Å². The molecule has 1 atom stereocenters. The Balaban J connectivity index is 1.62. The van der Waals surface area contributed by atoms with E-state index in [1.54, 1.807) is 0 Å². The van der Waals surface area contributed by atoms with E-state index in [-0.39, 0.29) is 11.9 Å². The van der Waals surface area contributed by atoms with E-state index in [1.165, 1.54) is 32.1 Å².